The second-order valence-electron chi connectivity index (χ2n) is 2.60. The molecular weight excluding hydrogens is 214 g/mol. The van der Waals surface area contributed by atoms with E-state index >= 15 is 0 Å². The standard InChI is InChI=1S/C6H10BrNO3/c7-4-1-2-8(6(10)11)3-5(4)9/h4-5,9H,1-3H2,(H,10,11)/t4-,5-/m1/s1. The van der Waals surface area contributed by atoms with Crippen molar-refractivity contribution in [3.8, 4) is 0 Å². The van der Waals surface area contributed by atoms with E-state index in [9.17, 15) is 9.90 Å². The highest BCUT2D eigenvalue weighted by molar-refractivity contribution is 9.09. The first-order valence-electron chi connectivity index (χ1n) is 3.41. The molecule has 0 aromatic rings. The zero-order chi connectivity index (χ0) is 8.43. The van der Waals surface area contributed by atoms with Gasteiger partial charge in [0.25, 0.3) is 0 Å². The van der Waals surface area contributed by atoms with Gasteiger partial charge in [0.15, 0.2) is 0 Å². The van der Waals surface area contributed by atoms with Crippen LogP contribution < -0.4 is 0 Å². The number of hydrogen-bond acceptors (Lipinski definition) is 2. The molecule has 1 aliphatic rings. The fourth-order valence-electron chi connectivity index (χ4n) is 1.08. The van der Waals surface area contributed by atoms with Crippen LogP contribution in [0.2, 0.25) is 0 Å². The minimum atomic E-state index is -0.955. The number of carbonyl (C=O) groups is 1. The van der Waals surface area contributed by atoms with E-state index in [4.69, 9.17) is 5.11 Å². The van der Waals surface area contributed by atoms with Crippen molar-refractivity contribution in [2.24, 2.45) is 0 Å². The molecule has 0 aromatic heterocycles. The highest BCUT2D eigenvalue weighted by Gasteiger charge is 2.27. The highest BCUT2D eigenvalue weighted by atomic mass is 79.9. The van der Waals surface area contributed by atoms with Crippen LogP contribution in [0.25, 0.3) is 0 Å². The topological polar surface area (TPSA) is 60.8 Å². The summed E-state index contributed by atoms with van der Waals surface area (Å²) in [6.07, 6.45) is -0.851. The third kappa shape index (κ3) is 2.07. The predicted octanol–water partition coefficient (Wildman–Crippen LogP) is 0.494. The number of hydrogen-bond donors (Lipinski definition) is 2. The van der Waals surface area contributed by atoms with Gasteiger partial charge in [-0.05, 0) is 6.42 Å². The van der Waals surface area contributed by atoms with Gasteiger partial charge in [0.1, 0.15) is 0 Å². The fourth-order valence-corrected chi connectivity index (χ4v) is 1.45. The van der Waals surface area contributed by atoms with Crippen molar-refractivity contribution in [3.05, 3.63) is 0 Å². The summed E-state index contributed by atoms with van der Waals surface area (Å²) >= 11 is 3.26. The molecule has 0 bridgehead atoms. The number of carboxylic acid groups (broad SMARTS) is 1. The van der Waals surface area contributed by atoms with Gasteiger partial charge in [-0.15, -0.1) is 0 Å². The summed E-state index contributed by atoms with van der Waals surface area (Å²) in [7, 11) is 0. The minimum Gasteiger partial charge on any atom is -0.465 e. The van der Waals surface area contributed by atoms with E-state index in [1.54, 1.807) is 0 Å². The molecule has 0 saturated carbocycles. The Morgan fingerprint density at radius 1 is 1.64 bits per heavy atom. The number of likely N-dealkylation sites (tertiary alicyclic amines) is 1. The van der Waals surface area contributed by atoms with E-state index in [-0.39, 0.29) is 11.4 Å². The van der Waals surface area contributed by atoms with E-state index < -0.39 is 12.2 Å². The molecule has 1 saturated heterocycles. The Bertz CT molecular complexity index is 164. The molecule has 11 heavy (non-hydrogen) atoms. The van der Waals surface area contributed by atoms with Crippen molar-refractivity contribution >= 4 is 22.0 Å². The number of amides is 1. The van der Waals surface area contributed by atoms with Crippen LogP contribution in [0.5, 0.6) is 0 Å². The van der Waals surface area contributed by atoms with Crippen LogP contribution in [0.15, 0.2) is 0 Å². The summed E-state index contributed by atoms with van der Waals surface area (Å²) in [5, 5.41) is 17.8. The first kappa shape index (κ1) is 8.80. The molecule has 0 radical (unpaired) electrons. The molecule has 1 amide bonds. The van der Waals surface area contributed by atoms with Crippen molar-refractivity contribution in [2.75, 3.05) is 13.1 Å². The summed E-state index contributed by atoms with van der Waals surface area (Å²) in [5.41, 5.74) is 0. The maximum atomic E-state index is 10.4. The predicted molar refractivity (Wildman–Crippen MR) is 42.9 cm³/mol. The van der Waals surface area contributed by atoms with Gasteiger partial charge in [-0.3, -0.25) is 0 Å². The van der Waals surface area contributed by atoms with E-state index in [1.165, 1.54) is 4.90 Å². The Balaban J connectivity index is 2.46. The average molecular weight is 224 g/mol. The van der Waals surface area contributed by atoms with Crippen LogP contribution in [-0.4, -0.2) is 45.2 Å². The van der Waals surface area contributed by atoms with Crippen LogP contribution in [0.4, 0.5) is 4.79 Å². The third-order valence-corrected chi connectivity index (χ3v) is 2.84. The summed E-state index contributed by atoms with van der Waals surface area (Å²) in [6.45, 7) is 0.716. The fraction of sp³-hybridized carbons (Fsp3) is 0.833. The van der Waals surface area contributed by atoms with Gasteiger partial charge >= 0.3 is 6.09 Å². The zero-order valence-corrected chi connectivity index (χ0v) is 7.49. The van der Waals surface area contributed by atoms with Gasteiger partial charge < -0.3 is 15.1 Å². The number of β-amino-alcohol motifs (C(OH)–C–C–N with tert-alkyl or cyclic N) is 1. The van der Waals surface area contributed by atoms with Gasteiger partial charge in [-0.1, -0.05) is 15.9 Å². The molecule has 64 valence electrons. The Kier molecular flexibility index (Phi) is 2.72. The first-order chi connectivity index (χ1) is 5.11. The van der Waals surface area contributed by atoms with E-state index in [0.717, 1.165) is 0 Å². The van der Waals surface area contributed by atoms with Crippen LogP contribution in [0, 0.1) is 0 Å². The Hall–Kier alpha value is -0.290. The zero-order valence-electron chi connectivity index (χ0n) is 5.90. The van der Waals surface area contributed by atoms with E-state index in [1.807, 2.05) is 0 Å². The molecule has 1 rings (SSSR count). The maximum absolute atomic E-state index is 10.4. The van der Waals surface area contributed by atoms with Crippen LogP contribution in [0.3, 0.4) is 0 Å². The molecule has 2 N–H and O–H groups in total. The maximum Gasteiger partial charge on any atom is 0.407 e. The molecule has 1 aliphatic heterocycles. The molecule has 0 aliphatic carbocycles. The minimum absolute atomic E-state index is 0.0399. The third-order valence-electron chi connectivity index (χ3n) is 1.77. The number of rotatable bonds is 0. The molecule has 1 heterocycles. The monoisotopic (exact) mass is 223 g/mol. The number of aliphatic hydroxyl groups excluding tert-OH is 1. The van der Waals surface area contributed by atoms with Gasteiger partial charge in [0.2, 0.25) is 0 Å². The molecule has 0 spiro atoms. The number of alkyl halides is 1. The van der Waals surface area contributed by atoms with E-state index in [0.29, 0.717) is 13.0 Å². The molecule has 2 atom stereocenters. The second-order valence-corrected chi connectivity index (χ2v) is 3.78. The number of halogens is 1. The van der Waals surface area contributed by atoms with Crippen molar-refractivity contribution in [3.63, 3.8) is 0 Å². The SMILES string of the molecule is O=C(O)N1CC[C@@H](Br)[C@H](O)C1. The highest BCUT2D eigenvalue weighted by Crippen LogP contribution is 2.17. The number of nitrogens with zero attached hydrogens (tertiary/aromatic N) is 1. The molecule has 1 fully saturated rings. The lowest BCUT2D eigenvalue weighted by atomic mass is 10.1. The summed E-state index contributed by atoms with van der Waals surface area (Å²) in [4.78, 5) is 11.7. The Morgan fingerprint density at radius 2 is 2.27 bits per heavy atom. The lowest BCUT2D eigenvalue weighted by Gasteiger charge is -2.31. The van der Waals surface area contributed by atoms with Crippen LogP contribution in [-0.2, 0) is 0 Å². The summed E-state index contributed by atoms with van der Waals surface area (Å²) in [5.74, 6) is 0. The van der Waals surface area contributed by atoms with Crippen molar-refractivity contribution in [1.82, 2.24) is 4.90 Å². The first-order valence-corrected chi connectivity index (χ1v) is 4.33. The Morgan fingerprint density at radius 3 is 2.73 bits per heavy atom. The van der Waals surface area contributed by atoms with Crippen molar-refractivity contribution < 1.29 is 15.0 Å². The quantitative estimate of drug-likeness (QED) is 0.589. The van der Waals surface area contributed by atoms with E-state index in [2.05, 4.69) is 15.9 Å². The van der Waals surface area contributed by atoms with Gasteiger partial charge in [-0.25, -0.2) is 4.79 Å². The summed E-state index contributed by atoms with van der Waals surface area (Å²) < 4.78 is 0. The smallest absolute Gasteiger partial charge is 0.407 e. The number of aliphatic hydroxyl groups is 1. The second kappa shape index (κ2) is 3.40. The lowest BCUT2D eigenvalue weighted by molar-refractivity contribution is 0.0716. The van der Waals surface area contributed by atoms with Crippen LogP contribution >= 0.6 is 15.9 Å². The molecular formula is C6H10BrNO3. The largest absolute Gasteiger partial charge is 0.465 e. The van der Waals surface area contributed by atoms with Crippen LogP contribution in [0.1, 0.15) is 6.42 Å². The Labute approximate surface area is 72.9 Å². The molecule has 0 aromatic carbocycles. The van der Waals surface area contributed by atoms with Crippen molar-refractivity contribution in [1.29, 1.82) is 0 Å². The van der Waals surface area contributed by atoms with Gasteiger partial charge in [-0.2, -0.15) is 0 Å². The molecule has 0 unspecified atom stereocenters. The normalized spacial score (nSPS) is 32.0. The van der Waals surface area contributed by atoms with Crippen molar-refractivity contribution in [2.45, 2.75) is 17.4 Å². The number of piperidine rings is 1. The molecule has 5 heteroatoms. The lowest BCUT2D eigenvalue weighted by Crippen LogP contribution is -2.46. The van der Waals surface area contributed by atoms with Gasteiger partial charge in [0.05, 0.1) is 12.6 Å². The average Bonchev–Trinajstić information content (AvgIpc) is 1.94. The van der Waals surface area contributed by atoms with Gasteiger partial charge in [0, 0.05) is 11.4 Å². The summed E-state index contributed by atoms with van der Waals surface area (Å²) in [6, 6.07) is 0. The molecule has 4 nitrogen and oxygen atoms in total.